The van der Waals surface area contributed by atoms with Crippen molar-refractivity contribution >= 4 is 12.1 Å². The minimum atomic E-state index is -1.32. The van der Waals surface area contributed by atoms with Crippen LogP contribution in [0, 0.1) is 35.4 Å². The van der Waals surface area contributed by atoms with Crippen molar-refractivity contribution in [1.29, 1.82) is 0 Å². The molecule has 33 heavy (non-hydrogen) atoms. The van der Waals surface area contributed by atoms with E-state index in [1.54, 1.807) is 26.8 Å². The maximum atomic E-state index is 13.8. The number of nitrogens with zero attached hydrogens (tertiary/aromatic N) is 1. The highest BCUT2D eigenvalue weighted by Crippen LogP contribution is 2.51. The molecular weight excluding hydrogens is 421 g/mol. The molecule has 1 aliphatic heterocycles. The number of hydrogen-bond donors (Lipinski definition) is 1. The Labute approximate surface area is 197 Å². The summed E-state index contributed by atoms with van der Waals surface area (Å²) in [6.07, 6.45) is 3.15. The number of carboxylic acids is 1. The zero-order chi connectivity index (χ0) is 24.6. The molecule has 1 amide bonds. The lowest BCUT2D eigenvalue weighted by Crippen LogP contribution is -2.61. The van der Waals surface area contributed by atoms with E-state index >= 15 is 0 Å². The molecule has 0 aromatic heterocycles. The second-order valence-electron chi connectivity index (χ2n) is 11.7. The molecule has 1 saturated carbocycles. The van der Waals surface area contributed by atoms with E-state index in [1.807, 2.05) is 6.07 Å². The third kappa shape index (κ3) is 5.52. The molecule has 1 aliphatic carbocycles. The predicted molar refractivity (Wildman–Crippen MR) is 126 cm³/mol. The molecular formula is C27H40FNO4. The van der Waals surface area contributed by atoms with Crippen LogP contribution in [0.2, 0.25) is 0 Å². The number of aliphatic carboxylic acids is 1. The Morgan fingerprint density at radius 2 is 1.97 bits per heavy atom. The molecule has 0 bridgehead atoms. The molecule has 0 radical (unpaired) electrons. The number of likely N-dealkylation sites (tertiary alicyclic amines) is 1. The number of benzene rings is 1. The lowest BCUT2D eigenvalue weighted by atomic mass is 9.61. The zero-order valence-electron chi connectivity index (χ0n) is 20.9. The predicted octanol–water partition coefficient (Wildman–Crippen LogP) is 6.16. The quantitative estimate of drug-likeness (QED) is 0.570. The number of carboxylic acid groups (broad SMARTS) is 1. The number of carbonyl (C=O) groups is 2. The van der Waals surface area contributed by atoms with Gasteiger partial charge in [0.15, 0.2) is 0 Å². The number of ether oxygens (including phenoxy) is 1. The fourth-order valence-electron chi connectivity index (χ4n) is 6.19. The van der Waals surface area contributed by atoms with Crippen molar-refractivity contribution < 1.29 is 23.8 Å². The molecule has 5 unspecified atom stereocenters. The average Bonchev–Trinajstić information content (AvgIpc) is 3.07. The number of carbonyl (C=O) groups excluding carboxylic acids is 1. The number of halogens is 1. The number of amides is 1. The van der Waals surface area contributed by atoms with Crippen LogP contribution in [0.4, 0.5) is 9.18 Å². The molecule has 2 fully saturated rings. The topological polar surface area (TPSA) is 66.8 Å². The highest BCUT2D eigenvalue weighted by Gasteiger charge is 2.61. The van der Waals surface area contributed by atoms with Crippen LogP contribution in [0.3, 0.4) is 0 Å². The minimum Gasteiger partial charge on any atom is -0.479 e. The van der Waals surface area contributed by atoms with Gasteiger partial charge < -0.3 is 9.84 Å². The Kier molecular flexibility index (Phi) is 7.45. The van der Waals surface area contributed by atoms with Crippen LogP contribution in [-0.4, -0.2) is 39.8 Å². The largest absolute Gasteiger partial charge is 0.479 e. The summed E-state index contributed by atoms with van der Waals surface area (Å²) >= 11 is 0. The van der Waals surface area contributed by atoms with Gasteiger partial charge in [-0.2, -0.15) is 0 Å². The molecule has 1 heterocycles. The third-order valence-corrected chi connectivity index (χ3v) is 7.56. The van der Waals surface area contributed by atoms with Crippen LogP contribution < -0.4 is 0 Å². The van der Waals surface area contributed by atoms with Gasteiger partial charge in [-0.1, -0.05) is 39.3 Å². The molecule has 5 atom stereocenters. The monoisotopic (exact) mass is 461 g/mol. The maximum absolute atomic E-state index is 13.8. The third-order valence-electron chi connectivity index (χ3n) is 7.56. The Morgan fingerprint density at radius 3 is 2.55 bits per heavy atom. The van der Waals surface area contributed by atoms with Gasteiger partial charge in [-0.3, -0.25) is 4.90 Å². The van der Waals surface area contributed by atoms with Crippen LogP contribution in [0.15, 0.2) is 24.3 Å². The Bertz CT molecular complexity index is 864. The first-order valence-corrected chi connectivity index (χ1v) is 12.3. The summed E-state index contributed by atoms with van der Waals surface area (Å²) in [5, 5.41) is 10.7. The maximum Gasteiger partial charge on any atom is 0.411 e. The number of rotatable bonds is 5. The Balaban J connectivity index is 2.03. The summed E-state index contributed by atoms with van der Waals surface area (Å²) in [5.74, 6) is -0.537. The van der Waals surface area contributed by atoms with E-state index in [-0.39, 0.29) is 23.6 Å². The lowest BCUT2D eigenvalue weighted by Gasteiger charge is -2.49. The van der Waals surface area contributed by atoms with E-state index in [2.05, 4.69) is 20.8 Å². The molecule has 1 N–H and O–H groups in total. The molecule has 6 heteroatoms. The summed E-state index contributed by atoms with van der Waals surface area (Å²) in [5.41, 5.74) is -1.22. The van der Waals surface area contributed by atoms with Gasteiger partial charge in [0.05, 0.1) is 0 Å². The molecule has 2 aliphatic rings. The lowest BCUT2D eigenvalue weighted by molar-refractivity contribution is -0.157. The van der Waals surface area contributed by atoms with E-state index in [0.717, 1.165) is 24.8 Å². The van der Waals surface area contributed by atoms with Gasteiger partial charge in [0.2, 0.25) is 0 Å². The second kappa shape index (κ2) is 9.63. The first kappa shape index (κ1) is 25.5. The molecule has 1 saturated heterocycles. The molecule has 184 valence electrons. The zero-order valence-corrected chi connectivity index (χ0v) is 20.9. The Hall–Kier alpha value is -2.11. The summed E-state index contributed by atoms with van der Waals surface area (Å²) in [7, 11) is 0. The van der Waals surface area contributed by atoms with Crippen molar-refractivity contribution in [2.45, 2.75) is 84.8 Å². The highest BCUT2D eigenvalue weighted by molar-refractivity contribution is 5.86. The van der Waals surface area contributed by atoms with Gasteiger partial charge >= 0.3 is 12.1 Å². The number of hydrogen-bond acceptors (Lipinski definition) is 3. The summed E-state index contributed by atoms with van der Waals surface area (Å²) in [4.78, 5) is 28.1. The van der Waals surface area contributed by atoms with E-state index in [9.17, 15) is 19.1 Å². The smallest absolute Gasteiger partial charge is 0.411 e. The molecule has 1 aromatic rings. The fourth-order valence-corrected chi connectivity index (χ4v) is 6.19. The van der Waals surface area contributed by atoms with Gasteiger partial charge in [0.25, 0.3) is 0 Å². The minimum absolute atomic E-state index is 0.0829. The van der Waals surface area contributed by atoms with Crippen LogP contribution in [0.1, 0.15) is 72.8 Å². The van der Waals surface area contributed by atoms with Gasteiger partial charge in [0.1, 0.15) is 17.0 Å². The molecule has 0 spiro atoms. The normalized spacial score (nSPS) is 30.5. The van der Waals surface area contributed by atoms with Crippen LogP contribution >= 0.6 is 0 Å². The Morgan fingerprint density at radius 1 is 1.27 bits per heavy atom. The molecule has 5 nitrogen and oxygen atoms in total. The van der Waals surface area contributed by atoms with E-state index in [0.29, 0.717) is 31.2 Å². The van der Waals surface area contributed by atoms with Crippen molar-refractivity contribution in [1.82, 2.24) is 4.90 Å². The highest BCUT2D eigenvalue weighted by atomic mass is 19.1. The van der Waals surface area contributed by atoms with Crippen molar-refractivity contribution in [3.05, 3.63) is 35.6 Å². The fraction of sp³-hybridized carbons (Fsp3) is 0.704. The SMILES string of the molecule is CC1CCC(C(C)C)C(C2(C(=O)O)CC(Cc3cccc(F)c3)CN2C(=O)OC(C)(C)C)C1. The van der Waals surface area contributed by atoms with Crippen molar-refractivity contribution in [2.75, 3.05) is 6.54 Å². The van der Waals surface area contributed by atoms with Gasteiger partial charge in [0, 0.05) is 6.54 Å². The summed E-state index contributed by atoms with van der Waals surface area (Å²) in [6.45, 7) is 12.2. The first-order valence-electron chi connectivity index (χ1n) is 12.3. The van der Waals surface area contributed by atoms with Gasteiger partial charge in [-0.05, 0) is 93.7 Å². The van der Waals surface area contributed by atoms with E-state index in [1.165, 1.54) is 17.0 Å². The van der Waals surface area contributed by atoms with E-state index < -0.39 is 23.2 Å². The van der Waals surface area contributed by atoms with Crippen molar-refractivity contribution in [2.24, 2.45) is 29.6 Å². The average molecular weight is 462 g/mol. The van der Waals surface area contributed by atoms with Crippen molar-refractivity contribution in [3.8, 4) is 0 Å². The van der Waals surface area contributed by atoms with E-state index in [4.69, 9.17) is 4.74 Å². The second-order valence-corrected chi connectivity index (χ2v) is 11.7. The van der Waals surface area contributed by atoms with Crippen LogP contribution in [-0.2, 0) is 16.0 Å². The first-order chi connectivity index (χ1) is 15.3. The standard InChI is InChI=1S/C27H40FNO4/c1-17(2)22-11-10-18(3)12-23(22)27(24(30)31)15-20(13-19-8-7-9-21(28)14-19)16-29(27)25(32)33-26(4,5)6/h7-9,14,17-18,20,22-23H,10-13,15-16H2,1-6H3,(H,30,31). The van der Waals surface area contributed by atoms with Crippen LogP contribution in [0.25, 0.3) is 0 Å². The van der Waals surface area contributed by atoms with Crippen LogP contribution in [0.5, 0.6) is 0 Å². The summed E-state index contributed by atoms with van der Waals surface area (Å²) in [6, 6.07) is 6.44. The molecule has 1 aromatic carbocycles. The van der Waals surface area contributed by atoms with Crippen molar-refractivity contribution in [3.63, 3.8) is 0 Å². The summed E-state index contributed by atoms with van der Waals surface area (Å²) < 4.78 is 19.5. The van der Waals surface area contributed by atoms with Gasteiger partial charge in [-0.15, -0.1) is 0 Å². The van der Waals surface area contributed by atoms with Gasteiger partial charge in [-0.25, -0.2) is 14.0 Å². The molecule has 3 rings (SSSR count).